The van der Waals surface area contributed by atoms with E-state index in [1.165, 1.54) is 30.0 Å². The summed E-state index contributed by atoms with van der Waals surface area (Å²) in [4.78, 5) is 23.7. The van der Waals surface area contributed by atoms with Crippen molar-refractivity contribution in [2.45, 2.75) is 25.7 Å². The number of aryl methyl sites for hydroxylation is 1. The minimum absolute atomic E-state index is 0.123. The molecule has 2 N–H and O–H groups in total. The first-order valence-electron chi connectivity index (χ1n) is 8.59. The van der Waals surface area contributed by atoms with Crippen molar-refractivity contribution in [2.24, 2.45) is 0 Å². The van der Waals surface area contributed by atoms with Gasteiger partial charge >= 0.3 is 0 Å². The first kappa shape index (κ1) is 17.0. The third-order valence-electron chi connectivity index (χ3n) is 4.48. The Balaban J connectivity index is 1.66. The van der Waals surface area contributed by atoms with Crippen molar-refractivity contribution in [1.29, 1.82) is 0 Å². The van der Waals surface area contributed by atoms with E-state index in [2.05, 4.69) is 16.7 Å². The summed E-state index contributed by atoms with van der Waals surface area (Å²) in [6, 6.07) is 13.2. The fraction of sp³-hybridized carbons (Fsp3) is 0.238. The summed E-state index contributed by atoms with van der Waals surface area (Å²) < 4.78 is 0. The van der Waals surface area contributed by atoms with Gasteiger partial charge in [-0.15, -0.1) is 0 Å². The van der Waals surface area contributed by atoms with E-state index in [0.29, 0.717) is 5.56 Å². The van der Waals surface area contributed by atoms with Gasteiger partial charge in [0.1, 0.15) is 0 Å². The van der Waals surface area contributed by atoms with Crippen molar-refractivity contribution in [3.8, 4) is 0 Å². The second-order valence-corrected chi connectivity index (χ2v) is 6.17. The Bertz CT molecular complexity index is 807. The standard InChI is InChI=1S/C21H22N2O2/c1-22-21(25)17-12-9-15(10-13-17)11-14-20(24)23-19-8-4-6-16-5-2-3-7-18(16)19/h4,6,8-14H,2-3,5,7H2,1H3,(H,22,25)(H,23,24)/b14-11+. The molecule has 0 radical (unpaired) electrons. The van der Waals surface area contributed by atoms with Crippen LogP contribution >= 0.6 is 0 Å². The van der Waals surface area contributed by atoms with E-state index >= 15 is 0 Å². The molecule has 2 aromatic carbocycles. The van der Waals surface area contributed by atoms with Gasteiger partial charge < -0.3 is 10.6 Å². The molecule has 0 saturated heterocycles. The van der Waals surface area contributed by atoms with E-state index in [-0.39, 0.29) is 11.8 Å². The van der Waals surface area contributed by atoms with Gasteiger partial charge in [0.2, 0.25) is 5.91 Å². The lowest BCUT2D eigenvalue weighted by Gasteiger charge is -2.19. The highest BCUT2D eigenvalue weighted by Gasteiger charge is 2.13. The Labute approximate surface area is 148 Å². The number of fused-ring (bicyclic) bond motifs is 1. The average Bonchev–Trinajstić information content (AvgIpc) is 2.66. The van der Waals surface area contributed by atoms with Crippen molar-refractivity contribution in [3.05, 3.63) is 70.8 Å². The summed E-state index contributed by atoms with van der Waals surface area (Å²) in [5, 5.41) is 5.57. The summed E-state index contributed by atoms with van der Waals surface area (Å²) in [5.41, 5.74) is 5.00. The van der Waals surface area contributed by atoms with Crippen LogP contribution in [0.3, 0.4) is 0 Å². The lowest BCUT2D eigenvalue weighted by molar-refractivity contribution is -0.111. The first-order chi connectivity index (χ1) is 12.2. The van der Waals surface area contributed by atoms with Crippen molar-refractivity contribution in [1.82, 2.24) is 5.32 Å². The number of nitrogens with one attached hydrogen (secondary N) is 2. The quantitative estimate of drug-likeness (QED) is 0.840. The Kier molecular flexibility index (Phi) is 5.29. The third kappa shape index (κ3) is 4.15. The predicted octanol–water partition coefficient (Wildman–Crippen LogP) is 3.58. The normalized spacial score (nSPS) is 13.3. The second-order valence-electron chi connectivity index (χ2n) is 6.17. The number of rotatable bonds is 4. The predicted molar refractivity (Wildman–Crippen MR) is 101 cm³/mol. The summed E-state index contributed by atoms with van der Waals surface area (Å²) in [5.74, 6) is -0.267. The number of anilines is 1. The molecule has 4 nitrogen and oxygen atoms in total. The molecular formula is C21H22N2O2. The fourth-order valence-corrected chi connectivity index (χ4v) is 3.13. The molecule has 128 valence electrons. The van der Waals surface area contributed by atoms with Crippen LogP contribution < -0.4 is 10.6 Å². The van der Waals surface area contributed by atoms with Crippen molar-refractivity contribution in [2.75, 3.05) is 12.4 Å². The molecule has 0 unspecified atom stereocenters. The monoisotopic (exact) mass is 334 g/mol. The molecule has 1 aliphatic rings. The van der Waals surface area contributed by atoms with E-state index in [1.807, 2.05) is 24.3 Å². The van der Waals surface area contributed by atoms with Gasteiger partial charge in [-0.1, -0.05) is 24.3 Å². The lowest BCUT2D eigenvalue weighted by Crippen LogP contribution is -2.17. The van der Waals surface area contributed by atoms with Crippen LogP contribution in [-0.4, -0.2) is 18.9 Å². The van der Waals surface area contributed by atoms with Crippen LogP contribution in [0.15, 0.2) is 48.5 Å². The van der Waals surface area contributed by atoms with Crippen LogP contribution in [0.1, 0.15) is 39.9 Å². The molecule has 0 atom stereocenters. The van der Waals surface area contributed by atoms with Crippen LogP contribution in [0, 0.1) is 0 Å². The lowest BCUT2D eigenvalue weighted by atomic mass is 9.90. The van der Waals surface area contributed by atoms with Gasteiger partial charge in [0.15, 0.2) is 0 Å². The van der Waals surface area contributed by atoms with Gasteiger partial charge in [-0.05, 0) is 66.6 Å². The van der Waals surface area contributed by atoms with Crippen LogP contribution in [0.25, 0.3) is 6.08 Å². The average molecular weight is 334 g/mol. The van der Waals surface area contributed by atoms with Crippen LogP contribution in [0.5, 0.6) is 0 Å². The maximum absolute atomic E-state index is 12.2. The van der Waals surface area contributed by atoms with Crippen molar-refractivity contribution >= 4 is 23.6 Å². The Hall–Kier alpha value is -2.88. The summed E-state index contributed by atoms with van der Waals surface area (Å²) in [6.07, 6.45) is 7.78. The summed E-state index contributed by atoms with van der Waals surface area (Å²) in [7, 11) is 1.60. The van der Waals surface area contributed by atoms with Gasteiger partial charge in [-0.25, -0.2) is 0 Å². The molecule has 4 heteroatoms. The minimum atomic E-state index is -0.144. The molecule has 0 fully saturated rings. The third-order valence-corrected chi connectivity index (χ3v) is 4.48. The number of hydrogen-bond donors (Lipinski definition) is 2. The van der Waals surface area contributed by atoms with Crippen LogP contribution in [0.2, 0.25) is 0 Å². The largest absolute Gasteiger partial charge is 0.355 e. The van der Waals surface area contributed by atoms with E-state index in [9.17, 15) is 9.59 Å². The van der Waals surface area contributed by atoms with E-state index in [0.717, 1.165) is 24.1 Å². The van der Waals surface area contributed by atoms with Crippen molar-refractivity contribution in [3.63, 3.8) is 0 Å². The van der Waals surface area contributed by atoms with Crippen molar-refractivity contribution < 1.29 is 9.59 Å². The Morgan fingerprint density at radius 3 is 2.52 bits per heavy atom. The molecule has 0 aliphatic heterocycles. The minimum Gasteiger partial charge on any atom is -0.355 e. The Morgan fingerprint density at radius 1 is 1.00 bits per heavy atom. The highest BCUT2D eigenvalue weighted by atomic mass is 16.2. The smallest absolute Gasteiger partial charge is 0.251 e. The number of amides is 2. The number of carbonyl (C=O) groups is 2. The Morgan fingerprint density at radius 2 is 1.76 bits per heavy atom. The maximum Gasteiger partial charge on any atom is 0.251 e. The first-order valence-corrected chi connectivity index (χ1v) is 8.59. The molecule has 0 heterocycles. The van der Waals surface area contributed by atoms with E-state index < -0.39 is 0 Å². The molecule has 1 aliphatic carbocycles. The number of benzene rings is 2. The molecule has 2 amide bonds. The van der Waals surface area contributed by atoms with Gasteiger partial charge in [0, 0.05) is 24.4 Å². The molecule has 3 rings (SSSR count). The highest BCUT2D eigenvalue weighted by molar-refractivity contribution is 6.02. The number of carbonyl (C=O) groups excluding carboxylic acids is 2. The zero-order valence-corrected chi connectivity index (χ0v) is 14.3. The fourth-order valence-electron chi connectivity index (χ4n) is 3.13. The molecular weight excluding hydrogens is 312 g/mol. The SMILES string of the molecule is CNC(=O)c1ccc(/C=C/C(=O)Nc2cccc3c2CCCC3)cc1. The summed E-state index contributed by atoms with van der Waals surface area (Å²) in [6.45, 7) is 0. The second kappa shape index (κ2) is 7.79. The summed E-state index contributed by atoms with van der Waals surface area (Å²) >= 11 is 0. The molecule has 25 heavy (non-hydrogen) atoms. The van der Waals surface area contributed by atoms with Gasteiger partial charge in [-0.3, -0.25) is 9.59 Å². The highest BCUT2D eigenvalue weighted by Crippen LogP contribution is 2.27. The molecule has 0 bridgehead atoms. The van der Waals surface area contributed by atoms with E-state index in [1.54, 1.807) is 25.3 Å². The molecule has 0 spiro atoms. The zero-order chi connectivity index (χ0) is 17.6. The van der Waals surface area contributed by atoms with Crippen LogP contribution in [-0.2, 0) is 17.6 Å². The van der Waals surface area contributed by atoms with E-state index in [4.69, 9.17) is 0 Å². The van der Waals surface area contributed by atoms with Gasteiger partial charge in [-0.2, -0.15) is 0 Å². The maximum atomic E-state index is 12.2. The van der Waals surface area contributed by atoms with Gasteiger partial charge in [0.25, 0.3) is 5.91 Å². The van der Waals surface area contributed by atoms with Gasteiger partial charge in [0.05, 0.1) is 0 Å². The molecule has 0 aromatic heterocycles. The van der Waals surface area contributed by atoms with Crippen LogP contribution in [0.4, 0.5) is 5.69 Å². The molecule has 0 saturated carbocycles. The zero-order valence-electron chi connectivity index (χ0n) is 14.3. The number of hydrogen-bond acceptors (Lipinski definition) is 2. The molecule has 2 aromatic rings. The topological polar surface area (TPSA) is 58.2 Å².